The van der Waals surface area contributed by atoms with Crippen LogP contribution in [0.1, 0.15) is 49.7 Å². The van der Waals surface area contributed by atoms with Gasteiger partial charge in [-0.1, -0.05) is 36.8 Å². The predicted octanol–water partition coefficient (Wildman–Crippen LogP) is 3.15. The van der Waals surface area contributed by atoms with Gasteiger partial charge < -0.3 is 5.73 Å². The highest BCUT2D eigenvalue weighted by Crippen LogP contribution is 2.35. The zero-order valence-corrected chi connectivity index (χ0v) is 12.9. The van der Waals surface area contributed by atoms with Crippen molar-refractivity contribution >= 4 is 0 Å². The van der Waals surface area contributed by atoms with Gasteiger partial charge >= 0.3 is 0 Å². The van der Waals surface area contributed by atoms with E-state index in [1.54, 1.807) is 0 Å². The Morgan fingerprint density at radius 3 is 2.62 bits per heavy atom. The summed E-state index contributed by atoms with van der Waals surface area (Å²) in [6.07, 6.45) is 8.56. The third-order valence-corrected chi connectivity index (χ3v) is 5.03. The molecule has 112 valence electrons. The molecule has 2 N–H and O–H groups in total. The van der Waals surface area contributed by atoms with Gasteiger partial charge in [0.2, 0.25) is 0 Å². The van der Waals surface area contributed by atoms with Crippen molar-refractivity contribution in [1.29, 1.82) is 0 Å². The lowest BCUT2D eigenvalue weighted by Gasteiger charge is -2.44. The Morgan fingerprint density at radius 1 is 1.05 bits per heavy atom. The Balaban J connectivity index is 1.65. The van der Waals surface area contributed by atoms with E-state index in [2.05, 4.69) is 41.0 Å². The Bertz CT molecular complexity index is 507. The highest BCUT2D eigenvalue weighted by atomic mass is 15.2. The molecule has 2 heteroatoms. The molecule has 1 aliphatic carbocycles. The number of benzene rings is 1. The van der Waals surface area contributed by atoms with Crippen molar-refractivity contribution < 1.29 is 0 Å². The predicted molar refractivity (Wildman–Crippen MR) is 87.8 cm³/mol. The molecule has 2 aliphatic rings. The Labute approximate surface area is 128 Å². The molecule has 0 amide bonds. The molecule has 1 saturated carbocycles. The van der Waals surface area contributed by atoms with Crippen LogP contribution in [-0.4, -0.2) is 24.0 Å². The van der Waals surface area contributed by atoms with Crippen LogP contribution in [0.2, 0.25) is 0 Å². The third-order valence-electron chi connectivity index (χ3n) is 5.03. The highest BCUT2D eigenvalue weighted by molar-refractivity contribution is 5.36. The van der Waals surface area contributed by atoms with Gasteiger partial charge in [-0.05, 0) is 55.8 Å². The summed E-state index contributed by atoms with van der Waals surface area (Å²) in [5, 5.41) is 0. The number of fused-ring (bicyclic) bond motifs is 1. The molecule has 1 aromatic carbocycles. The summed E-state index contributed by atoms with van der Waals surface area (Å²) in [4.78, 5) is 2.73. The average Bonchev–Trinajstić information content (AvgIpc) is 2.55. The minimum Gasteiger partial charge on any atom is -0.320 e. The lowest BCUT2D eigenvalue weighted by atomic mass is 9.78. The van der Waals surface area contributed by atoms with Gasteiger partial charge in [0.25, 0.3) is 0 Å². The fourth-order valence-electron chi connectivity index (χ4n) is 4.01. The van der Waals surface area contributed by atoms with Crippen LogP contribution < -0.4 is 5.73 Å². The number of likely N-dealkylation sites (tertiary alicyclic amines) is 1. The first-order valence-electron chi connectivity index (χ1n) is 8.39. The molecule has 0 spiro atoms. The first-order valence-corrected chi connectivity index (χ1v) is 8.39. The maximum absolute atomic E-state index is 5.41. The van der Waals surface area contributed by atoms with Gasteiger partial charge in [-0.15, -0.1) is 0 Å². The Morgan fingerprint density at radius 2 is 1.81 bits per heavy atom. The van der Waals surface area contributed by atoms with E-state index in [-0.39, 0.29) is 0 Å². The monoisotopic (exact) mass is 282 g/mol. The second-order valence-electron chi connectivity index (χ2n) is 6.43. The molecule has 2 fully saturated rings. The Hall–Kier alpha value is -1.30. The van der Waals surface area contributed by atoms with Crippen molar-refractivity contribution in [2.45, 2.75) is 51.1 Å². The maximum atomic E-state index is 5.41. The third kappa shape index (κ3) is 3.67. The van der Waals surface area contributed by atoms with Gasteiger partial charge in [0, 0.05) is 18.2 Å². The largest absolute Gasteiger partial charge is 0.320 e. The van der Waals surface area contributed by atoms with Gasteiger partial charge in [0.1, 0.15) is 0 Å². The van der Waals surface area contributed by atoms with E-state index in [1.165, 1.54) is 50.6 Å². The van der Waals surface area contributed by atoms with Crippen LogP contribution in [-0.2, 0) is 6.54 Å². The van der Waals surface area contributed by atoms with Crippen LogP contribution in [0.15, 0.2) is 24.3 Å². The van der Waals surface area contributed by atoms with Crippen molar-refractivity contribution in [1.82, 2.24) is 4.90 Å². The molecule has 1 heterocycles. The topological polar surface area (TPSA) is 29.3 Å². The van der Waals surface area contributed by atoms with E-state index < -0.39 is 0 Å². The van der Waals surface area contributed by atoms with E-state index in [4.69, 9.17) is 5.73 Å². The highest BCUT2D eigenvalue weighted by Gasteiger charge is 2.32. The second kappa shape index (κ2) is 7.11. The van der Waals surface area contributed by atoms with E-state index in [9.17, 15) is 0 Å². The van der Waals surface area contributed by atoms with Crippen LogP contribution in [0.4, 0.5) is 0 Å². The van der Waals surface area contributed by atoms with Gasteiger partial charge in [-0.3, -0.25) is 4.90 Å². The zero-order chi connectivity index (χ0) is 14.5. The summed E-state index contributed by atoms with van der Waals surface area (Å²) in [7, 11) is 0. The normalized spacial score (nSPS) is 25.8. The molecule has 2 nitrogen and oxygen atoms in total. The molecule has 1 aromatic rings. The van der Waals surface area contributed by atoms with Crippen molar-refractivity contribution in [3.63, 3.8) is 0 Å². The smallest absolute Gasteiger partial charge is 0.0555 e. The molecule has 1 saturated heterocycles. The summed E-state index contributed by atoms with van der Waals surface area (Å²) >= 11 is 0. The number of nitrogens with zero attached hydrogens (tertiary/aromatic N) is 1. The van der Waals surface area contributed by atoms with Gasteiger partial charge in [-0.2, -0.15) is 0 Å². The van der Waals surface area contributed by atoms with E-state index in [0.29, 0.717) is 6.54 Å². The molecule has 1 aliphatic heterocycles. The molecule has 0 radical (unpaired) electrons. The van der Waals surface area contributed by atoms with Gasteiger partial charge in [0.15, 0.2) is 0 Å². The minimum absolute atomic E-state index is 0.429. The van der Waals surface area contributed by atoms with Gasteiger partial charge in [-0.25, -0.2) is 0 Å². The summed E-state index contributed by atoms with van der Waals surface area (Å²) in [5.41, 5.74) is 7.90. The first kappa shape index (κ1) is 14.6. The molecule has 21 heavy (non-hydrogen) atoms. The maximum Gasteiger partial charge on any atom is 0.0555 e. The molecule has 3 rings (SSSR count). The van der Waals surface area contributed by atoms with Crippen LogP contribution in [0.3, 0.4) is 0 Å². The van der Waals surface area contributed by atoms with E-state index in [1.807, 2.05) is 0 Å². The van der Waals surface area contributed by atoms with Crippen LogP contribution in [0.5, 0.6) is 0 Å². The number of rotatable bonds is 2. The van der Waals surface area contributed by atoms with Gasteiger partial charge in [0.05, 0.1) is 6.54 Å². The number of hydrogen-bond donors (Lipinski definition) is 1. The number of piperidine rings is 1. The lowest BCUT2D eigenvalue weighted by Crippen LogP contribution is -2.46. The Kier molecular flexibility index (Phi) is 4.95. The summed E-state index contributed by atoms with van der Waals surface area (Å²) < 4.78 is 0. The van der Waals surface area contributed by atoms with Crippen LogP contribution >= 0.6 is 0 Å². The van der Waals surface area contributed by atoms with Crippen molar-refractivity contribution in [2.24, 2.45) is 11.7 Å². The molecular weight excluding hydrogens is 256 g/mol. The van der Waals surface area contributed by atoms with Crippen LogP contribution in [0.25, 0.3) is 0 Å². The fourth-order valence-corrected chi connectivity index (χ4v) is 4.01. The van der Waals surface area contributed by atoms with Crippen molar-refractivity contribution in [3.8, 4) is 11.8 Å². The van der Waals surface area contributed by atoms with Crippen LogP contribution in [0, 0.1) is 17.8 Å². The molecule has 2 atom stereocenters. The first-order chi connectivity index (χ1) is 10.4. The van der Waals surface area contributed by atoms with Crippen molar-refractivity contribution in [2.75, 3.05) is 13.1 Å². The fraction of sp³-hybridized carbons (Fsp3) is 0.579. The quantitative estimate of drug-likeness (QED) is 0.844. The summed E-state index contributed by atoms with van der Waals surface area (Å²) in [5.74, 6) is 6.96. The van der Waals surface area contributed by atoms with E-state index in [0.717, 1.165) is 24.1 Å². The molecule has 2 unspecified atom stereocenters. The molecular formula is C19H26N2. The number of hydrogen-bond acceptors (Lipinski definition) is 2. The lowest BCUT2D eigenvalue weighted by molar-refractivity contribution is 0.0547. The summed E-state index contributed by atoms with van der Waals surface area (Å²) in [6.45, 7) is 2.81. The molecule has 0 bridgehead atoms. The zero-order valence-electron chi connectivity index (χ0n) is 12.9. The minimum atomic E-state index is 0.429. The van der Waals surface area contributed by atoms with Crippen molar-refractivity contribution in [3.05, 3.63) is 35.4 Å². The average molecular weight is 282 g/mol. The van der Waals surface area contributed by atoms with E-state index >= 15 is 0 Å². The standard InChI is InChI=1S/C19H26N2/c20-13-3-5-16-9-11-17(12-10-16)15-21-14-4-7-18-6-1-2-8-19(18)21/h9-12,18-19H,1-2,4,6-8,13-15,20H2. The summed E-state index contributed by atoms with van der Waals surface area (Å²) in [6, 6.07) is 9.55. The molecule has 0 aromatic heterocycles. The SMILES string of the molecule is NCC#Cc1ccc(CN2CCCC3CCCCC32)cc1. The second-order valence-corrected chi connectivity index (χ2v) is 6.43. The number of nitrogens with two attached hydrogens (primary N) is 1.